The molecule has 0 atom stereocenters. The fourth-order valence-electron chi connectivity index (χ4n) is 1.70. The molecule has 0 saturated carbocycles. The first-order valence-electron chi connectivity index (χ1n) is 5.83. The van der Waals surface area contributed by atoms with Crippen LogP contribution in [0.1, 0.15) is 24.9 Å². The third kappa shape index (κ3) is 4.87. The quantitative estimate of drug-likeness (QED) is 0.784. The zero-order valence-corrected chi connectivity index (χ0v) is 11.5. The maximum absolute atomic E-state index is 11.1. The van der Waals surface area contributed by atoms with E-state index in [0.29, 0.717) is 13.0 Å². The molecule has 1 rings (SSSR count). The van der Waals surface area contributed by atoms with Crippen LogP contribution in [-0.4, -0.2) is 36.5 Å². The van der Waals surface area contributed by atoms with E-state index in [1.807, 2.05) is 13.1 Å². The lowest BCUT2D eigenvalue weighted by molar-refractivity contribution is 0.577. The molecule has 0 spiro atoms. The molecule has 98 valence electrons. The van der Waals surface area contributed by atoms with Gasteiger partial charge in [-0.15, -0.1) is 0 Å². The minimum absolute atomic E-state index is 0.227. The Labute approximate surface area is 103 Å². The van der Waals surface area contributed by atoms with Gasteiger partial charge in [0.15, 0.2) is 0 Å². The van der Waals surface area contributed by atoms with E-state index >= 15 is 0 Å². The van der Waals surface area contributed by atoms with Gasteiger partial charge in [-0.2, -0.15) is 0 Å². The summed E-state index contributed by atoms with van der Waals surface area (Å²) in [6.07, 6.45) is 3.75. The number of hydrogen-bond donors (Lipinski definition) is 1. The van der Waals surface area contributed by atoms with Crippen molar-refractivity contribution in [1.29, 1.82) is 0 Å². The molecular weight excluding hydrogens is 238 g/mol. The number of nitrogens with one attached hydrogen (secondary N) is 1. The zero-order chi connectivity index (χ0) is 12.9. The first-order chi connectivity index (χ1) is 7.94. The number of sulfone groups is 1. The fourth-order valence-corrected chi connectivity index (χ4v) is 2.35. The molecule has 1 heterocycles. The van der Waals surface area contributed by atoms with Crippen LogP contribution in [0.3, 0.4) is 0 Å². The lowest BCUT2D eigenvalue weighted by atomic mass is 10.4. The van der Waals surface area contributed by atoms with Gasteiger partial charge in [0, 0.05) is 25.5 Å². The number of aryl methyl sites for hydroxylation is 1. The van der Waals surface area contributed by atoms with E-state index < -0.39 is 9.84 Å². The Morgan fingerprint density at radius 3 is 2.76 bits per heavy atom. The molecule has 0 amide bonds. The van der Waals surface area contributed by atoms with Crippen LogP contribution in [-0.2, 0) is 22.9 Å². The molecule has 0 aliphatic carbocycles. The van der Waals surface area contributed by atoms with Crippen LogP contribution in [0.25, 0.3) is 0 Å². The third-order valence-electron chi connectivity index (χ3n) is 2.59. The monoisotopic (exact) mass is 259 g/mol. The van der Waals surface area contributed by atoms with Crippen molar-refractivity contribution in [2.75, 3.05) is 18.6 Å². The zero-order valence-electron chi connectivity index (χ0n) is 10.7. The Morgan fingerprint density at radius 2 is 2.18 bits per heavy atom. The molecule has 0 aliphatic heterocycles. The van der Waals surface area contributed by atoms with Crippen molar-refractivity contribution in [3.8, 4) is 0 Å². The fraction of sp³-hybridized carbons (Fsp3) is 0.727. The minimum atomic E-state index is -2.87. The van der Waals surface area contributed by atoms with Gasteiger partial charge in [0.2, 0.25) is 0 Å². The molecule has 0 unspecified atom stereocenters. The molecular formula is C11H21N3O2S. The van der Waals surface area contributed by atoms with E-state index in [9.17, 15) is 8.42 Å². The van der Waals surface area contributed by atoms with E-state index in [4.69, 9.17) is 0 Å². The predicted molar refractivity (Wildman–Crippen MR) is 68.7 cm³/mol. The van der Waals surface area contributed by atoms with Crippen molar-refractivity contribution < 1.29 is 8.42 Å². The topological polar surface area (TPSA) is 64.0 Å². The van der Waals surface area contributed by atoms with Crippen LogP contribution in [0.5, 0.6) is 0 Å². The summed E-state index contributed by atoms with van der Waals surface area (Å²) in [5.74, 6) is 1.16. The van der Waals surface area contributed by atoms with Crippen molar-refractivity contribution in [3.63, 3.8) is 0 Å². The molecule has 1 N–H and O–H groups in total. The smallest absolute Gasteiger partial charge is 0.147 e. The Bertz CT molecular complexity index is 451. The summed E-state index contributed by atoms with van der Waals surface area (Å²) in [6.45, 7) is 6.39. The van der Waals surface area contributed by atoms with Gasteiger partial charge >= 0.3 is 0 Å². The number of aromatic nitrogens is 2. The minimum Gasteiger partial charge on any atom is -0.331 e. The van der Waals surface area contributed by atoms with Crippen LogP contribution in [0, 0.1) is 6.92 Å². The van der Waals surface area contributed by atoms with Crippen molar-refractivity contribution in [2.24, 2.45) is 0 Å². The first kappa shape index (κ1) is 14.2. The van der Waals surface area contributed by atoms with E-state index in [-0.39, 0.29) is 5.75 Å². The summed E-state index contributed by atoms with van der Waals surface area (Å²) in [5, 5.41) is 3.25. The largest absolute Gasteiger partial charge is 0.331 e. The van der Waals surface area contributed by atoms with Crippen LogP contribution >= 0.6 is 0 Å². The average molecular weight is 259 g/mol. The molecule has 17 heavy (non-hydrogen) atoms. The van der Waals surface area contributed by atoms with E-state index in [0.717, 1.165) is 24.6 Å². The van der Waals surface area contributed by atoms with Gasteiger partial charge in [-0.05, 0) is 19.9 Å². The number of rotatable bonds is 7. The third-order valence-corrected chi connectivity index (χ3v) is 3.62. The lowest BCUT2D eigenvalue weighted by Crippen LogP contribution is -2.17. The summed E-state index contributed by atoms with van der Waals surface area (Å²) >= 11 is 0. The molecule has 5 nitrogen and oxygen atoms in total. The van der Waals surface area contributed by atoms with Crippen LogP contribution in [0.15, 0.2) is 6.20 Å². The molecule has 0 aliphatic rings. The Morgan fingerprint density at radius 1 is 1.47 bits per heavy atom. The normalized spacial score (nSPS) is 11.9. The number of hydrogen-bond acceptors (Lipinski definition) is 4. The first-order valence-corrected chi connectivity index (χ1v) is 7.89. The van der Waals surface area contributed by atoms with Gasteiger partial charge in [-0.1, -0.05) is 6.92 Å². The standard InChI is InChI=1S/C11H21N3O2S/c1-4-12-8-11-9-13-10(2)14(11)6-5-7-17(3,15)16/h9,12H,4-8H2,1-3H3. The molecule has 0 radical (unpaired) electrons. The summed E-state index contributed by atoms with van der Waals surface area (Å²) in [7, 11) is -2.87. The Balaban J connectivity index is 2.59. The van der Waals surface area contributed by atoms with Gasteiger partial charge in [-0.25, -0.2) is 13.4 Å². The highest BCUT2D eigenvalue weighted by Gasteiger charge is 2.07. The highest BCUT2D eigenvalue weighted by atomic mass is 32.2. The average Bonchev–Trinajstić information content (AvgIpc) is 2.56. The van der Waals surface area contributed by atoms with Gasteiger partial charge in [-0.3, -0.25) is 0 Å². The maximum Gasteiger partial charge on any atom is 0.147 e. The highest BCUT2D eigenvalue weighted by molar-refractivity contribution is 7.90. The van der Waals surface area contributed by atoms with Crippen LogP contribution < -0.4 is 5.32 Å². The van der Waals surface area contributed by atoms with Crippen molar-refractivity contribution in [2.45, 2.75) is 33.4 Å². The summed E-state index contributed by atoms with van der Waals surface area (Å²) in [5.41, 5.74) is 1.11. The SMILES string of the molecule is CCNCc1cnc(C)n1CCCS(C)(=O)=O. The summed E-state index contributed by atoms with van der Waals surface area (Å²) < 4.78 is 24.2. The molecule has 0 bridgehead atoms. The summed E-state index contributed by atoms with van der Waals surface area (Å²) in [4.78, 5) is 4.26. The van der Waals surface area contributed by atoms with E-state index in [2.05, 4.69) is 21.8 Å². The molecule has 0 fully saturated rings. The second-order valence-electron chi connectivity index (χ2n) is 4.21. The molecule has 1 aromatic rings. The second-order valence-corrected chi connectivity index (χ2v) is 6.47. The molecule has 0 aromatic carbocycles. The molecule has 0 saturated heterocycles. The molecule has 6 heteroatoms. The van der Waals surface area contributed by atoms with Crippen molar-refractivity contribution in [3.05, 3.63) is 17.7 Å². The van der Waals surface area contributed by atoms with E-state index in [1.165, 1.54) is 6.26 Å². The lowest BCUT2D eigenvalue weighted by Gasteiger charge is -2.10. The molecule has 1 aromatic heterocycles. The maximum atomic E-state index is 11.1. The highest BCUT2D eigenvalue weighted by Crippen LogP contribution is 2.06. The van der Waals surface area contributed by atoms with Crippen molar-refractivity contribution in [1.82, 2.24) is 14.9 Å². The van der Waals surface area contributed by atoms with Gasteiger partial charge in [0.05, 0.1) is 11.4 Å². The Kier molecular flexibility index (Phi) is 5.14. The van der Waals surface area contributed by atoms with Crippen LogP contribution in [0.4, 0.5) is 0 Å². The Hall–Kier alpha value is -0.880. The van der Waals surface area contributed by atoms with Crippen LogP contribution in [0.2, 0.25) is 0 Å². The summed E-state index contributed by atoms with van der Waals surface area (Å²) in [6, 6.07) is 0. The van der Waals surface area contributed by atoms with Gasteiger partial charge in [0.1, 0.15) is 15.7 Å². The predicted octanol–water partition coefficient (Wildman–Crippen LogP) is 0.736. The second kappa shape index (κ2) is 6.16. The van der Waals surface area contributed by atoms with Gasteiger partial charge in [0.25, 0.3) is 0 Å². The number of imidazole rings is 1. The number of nitrogens with zero attached hydrogens (tertiary/aromatic N) is 2. The van der Waals surface area contributed by atoms with Gasteiger partial charge < -0.3 is 9.88 Å². The van der Waals surface area contributed by atoms with Crippen molar-refractivity contribution >= 4 is 9.84 Å². The van der Waals surface area contributed by atoms with E-state index in [1.54, 1.807) is 0 Å².